The number of methoxy groups -OCH3 is 1. The fraction of sp³-hybridized carbons (Fsp3) is 0.0952. The third-order valence-corrected chi connectivity index (χ3v) is 4.65. The fourth-order valence-corrected chi connectivity index (χ4v) is 3.41. The second-order valence-electron chi connectivity index (χ2n) is 6.05. The van der Waals surface area contributed by atoms with Crippen LogP contribution >= 0.6 is 0 Å². The summed E-state index contributed by atoms with van der Waals surface area (Å²) in [5.74, 6) is -1.21. The Hall–Kier alpha value is -3.31. The molecule has 3 aromatic rings. The molecule has 0 amide bonds. The number of aliphatic hydroxyl groups excluding tert-OH is 1. The second kappa shape index (κ2) is 5.89. The SMILES string of the molecule is COc1c(C(=O)CO)ccc2c1C(=O)c1cc3ccccc3cc1C2=O. The normalized spacial score (nSPS) is 12.7. The number of ether oxygens (including phenoxy) is 1. The van der Waals surface area contributed by atoms with E-state index in [0.29, 0.717) is 5.56 Å². The molecule has 0 unspecified atom stereocenters. The van der Waals surface area contributed by atoms with Crippen LogP contribution in [-0.4, -0.2) is 36.2 Å². The second-order valence-corrected chi connectivity index (χ2v) is 6.05. The largest absolute Gasteiger partial charge is 0.495 e. The maximum Gasteiger partial charge on any atom is 0.198 e. The maximum atomic E-state index is 13.1. The molecule has 5 nitrogen and oxygen atoms in total. The van der Waals surface area contributed by atoms with Crippen molar-refractivity contribution >= 4 is 28.1 Å². The summed E-state index contributed by atoms with van der Waals surface area (Å²) in [5.41, 5.74) is 0.973. The number of aliphatic hydroxyl groups is 1. The van der Waals surface area contributed by atoms with Crippen molar-refractivity contribution in [2.75, 3.05) is 13.7 Å². The highest BCUT2D eigenvalue weighted by Crippen LogP contribution is 2.37. The van der Waals surface area contributed by atoms with Gasteiger partial charge >= 0.3 is 0 Å². The maximum absolute atomic E-state index is 13.1. The number of ketones is 3. The molecule has 1 aliphatic carbocycles. The van der Waals surface area contributed by atoms with Gasteiger partial charge in [-0.1, -0.05) is 24.3 Å². The van der Waals surface area contributed by atoms with Crippen molar-refractivity contribution in [1.82, 2.24) is 0 Å². The molecule has 0 aromatic heterocycles. The van der Waals surface area contributed by atoms with Gasteiger partial charge in [0.15, 0.2) is 17.3 Å². The lowest BCUT2D eigenvalue weighted by molar-refractivity contribution is 0.0899. The van der Waals surface area contributed by atoms with Crippen molar-refractivity contribution in [2.45, 2.75) is 0 Å². The first kappa shape index (κ1) is 16.2. The number of Topliss-reactive ketones (excluding diaryl/α,β-unsaturated/α-hetero) is 1. The minimum atomic E-state index is -0.710. The Labute approximate surface area is 148 Å². The van der Waals surface area contributed by atoms with E-state index in [4.69, 9.17) is 9.84 Å². The molecule has 128 valence electrons. The molecule has 0 heterocycles. The first-order chi connectivity index (χ1) is 12.6. The number of rotatable bonds is 3. The van der Waals surface area contributed by atoms with E-state index in [1.807, 2.05) is 24.3 Å². The summed E-state index contributed by atoms with van der Waals surface area (Å²) < 4.78 is 5.28. The molecule has 4 rings (SSSR count). The Bertz CT molecular complexity index is 1110. The Morgan fingerprint density at radius 3 is 2.12 bits per heavy atom. The minimum absolute atomic E-state index is 0.0266. The third-order valence-electron chi connectivity index (χ3n) is 4.65. The lowest BCUT2D eigenvalue weighted by Crippen LogP contribution is -2.23. The summed E-state index contributed by atoms with van der Waals surface area (Å²) in [5, 5.41) is 10.9. The quantitative estimate of drug-likeness (QED) is 0.577. The van der Waals surface area contributed by atoms with Crippen molar-refractivity contribution in [3.63, 3.8) is 0 Å². The van der Waals surface area contributed by atoms with Gasteiger partial charge in [-0.2, -0.15) is 0 Å². The van der Waals surface area contributed by atoms with Gasteiger partial charge < -0.3 is 9.84 Å². The lowest BCUT2D eigenvalue weighted by Gasteiger charge is -2.21. The predicted molar refractivity (Wildman–Crippen MR) is 95.2 cm³/mol. The molecule has 0 radical (unpaired) electrons. The molecule has 5 heteroatoms. The summed E-state index contributed by atoms with van der Waals surface area (Å²) in [6.07, 6.45) is 0. The first-order valence-corrected chi connectivity index (χ1v) is 8.04. The molecule has 0 saturated heterocycles. The average Bonchev–Trinajstić information content (AvgIpc) is 2.69. The highest BCUT2D eigenvalue weighted by atomic mass is 16.5. The molecule has 26 heavy (non-hydrogen) atoms. The average molecular weight is 346 g/mol. The monoisotopic (exact) mass is 346 g/mol. The van der Waals surface area contributed by atoms with E-state index in [0.717, 1.165) is 10.8 Å². The van der Waals surface area contributed by atoms with Crippen LogP contribution in [0.1, 0.15) is 42.2 Å². The molecule has 1 N–H and O–H groups in total. The summed E-state index contributed by atoms with van der Waals surface area (Å²) in [6.45, 7) is -0.710. The fourth-order valence-electron chi connectivity index (χ4n) is 3.41. The van der Waals surface area contributed by atoms with Crippen molar-refractivity contribution in [3.05, 3.63) is 76.3 Å². The van der Waals surface area contributed by atoms with E-state index in [9.17, 15) is 14.4 Å². The van der Waals surface area contributed by atoms with Crippen molar-refractivity contribution in [3.8, 4) is 5.75 Å². The summed E-state index contributed by atoms with van der Waals surface area (Å²) in [7, 11) is 1.33. The van der Waals surface area contributed by atoms with E-state index in [1.165, 1.54) is 19.2 Å². The number of fused-ring (bicyclic) bond motifs is 3. The van der Waals surface area contributed by atoms with E-state index in [-0.39, 0.29) is 39.6 Å². The van der Waals surface area contributed by atoms with Gasteiger partial charge in [-0.25, -0.2) is 0 Å². The minimum Gasteiger partial charge on any atom is -0.495 e. The Morgan fingerprint density at radius 1 is 0.923 bits per heavy atom. The summed E-state index contributed by atoms with van der Waals surface area (Å²) in [6, 6.07) is 13.7. The van der Waals surface area contributed by atoms with Crippen LogP contribution in [0.5, 0.6) is 5.75 Å². The molecular weight excluding hydrogens is 332 g/mol. The van der Waals surface area contributed by atoms with Gasteiger partial charge in [0.25, 0.3) is 0 Å². The molecule has 0 saturated carbocycles. The molecule has 1 aliphatic rings. The first-order valence-electron chi connectivity index (χ1n) is 8.04. The van der Waals surface area contributed by atoms with Gasteiger partial charge in [-0.3, -0.25) is 14.4 Å². The lowest BCUT2D eigenvalue weighted by atomic mass is 9.81. The summed E-state index contributed by atoms with van der Waals surface area (Å²) in [4.78, 5) is 38.1. The molecule has 0 bridgehead atoms. The molecule has 3 aromatic carbocycles. The number of benzene rings is 3. The van der Waals surface area contributed by atoms with Crippen LogP contribution in [0.4, 0.5) is 0 Å². The van der Waals surface area contributed by atoms with Crippen molar-refractivity contribution in [1.29, 1.82) is 0 Å². The standard InChI is InChI=1S/C21H14O5/c1-26-21-13(17(23)10-22)6-7-14-18(21)20(25)16-9-12-5-3-2-4-11(12)8-15(16)19(14)24/h2-9,22H,10H2,1H3. The Morgan fingerprint density at radius 2 is 1.54 bits per heavy atom. The number of carbonyl (C=O) groups excluding carboxylic acids is 3. The zero-order chi connectivity index (χ0) is 18.4. The zero-order valence-corrected chi connectivity index (χ0v) is 13.9. The van der Waals surface area contributed by atoms with Crippen LogP contribution in [0.2, 0.25) is 0 Å². The number of hydrogen-bond donors (Lipinski definition) is 1. The van der Waals surface area contributed by atoms with Crippen LogP contribution in [0, 0.1) is 0 Å². The smallest absolute Gasteiger partial charge is 0.198 e. The summed E-state index contributed by atoms with van der Waals surface area (Å²) >= 11 is 0. The van der Waals surface area contributed by atoms with Gasteiger partial charge in [0.05, 0.1) is 18.2 Å². The third kappa shape index (κ3) is 2.18. The molecule has 0 atom stereocenters. The van der Waals surface area contributed by atoms with Gasteiger partial charge in [-0.15, -0.1) is 0 Å². The Balaban J connectivity index is 2.02. The van der Waals surface area contributed by atoms with Gasteiger partial charge in [0.2, 0.25) is 0 Å². The molecular formula is C21H14O5. The molecule has 0 fully saturated rings. The molecule has 0 aliphatic heterocycles. The molecule has 0 spiro atoms. The van der Waals surface area contributed by atoms with Crippen molar-refractivity contribution < 1.29 is 24.2 Å². The van der Waals surface area contributed by atoms with Crippen molar-refractivity contribution in [2.24, 2.45) is 0 Å². The number of hydrogen-bond acceptors (Lipinski definition) is 5. The predicted octanol–water partition coefficient (Wildman–Crippen LogP) is 2.80. The van der Waals surface area contributed by atoms with Crippen LogP contribution in [0.3, 0.4) is 0 Å². The van der Waals surface area contributed by atoms with E-state index < -0.39 is 12.4 Å². The van der Waals surface area contributed by atoms with E-state index in [2.05, 4.69) is 0 Å². The van der Waals surface area contributed by atoms with Crippen LogP contribution in [0.15, 0.2) is 48.5 Å². The van der Waals surface area contributed by atoms with Crippen LogP contribution in [-0.2, 0) is 0 Å². The van der Waals surface area contributed by atoms with Gasteiger partial charge in [0, 0.05) is 16.7 Å². The van der Waals surface area contributed by atoms with E-state index in [1.54, 1.807) is 12.1 Å². The topological polar surface area (TPSA) is 80.7 Å². The zero-order valence-electron chi connectivity index (χ0n) is 13.9. The van der Waals surface area contributed by atoms with Gasteiger partial charge in [0.1, 0.15) is 12.4 Å². The Kier molecular flexibility index (Phi) is 3.67. The van der Waals surface area contributed by atoms with E-state index >= 15 is 0 Å². The highest BCUT2D eigenvalue weighted by Gasteiger charge is 2.34. The van der Waals surface area contributed by atoms with Crippen LogP contribution < -0.4 is 4.74 Å². The van der Waals surface area contributed by atoms with Gasteiger partial charge in [-0.05, 0) is 35.0 Å². The van der Waals surface area contributed by atoms with Crippen LogP contribution in [0.25, 0.3) is 10.8 Å². The highest BCUT2D eigenvalue weighted by molar-refractivity contribution is 6.31. The number of carbonyl (C=O) groups is 3.